The lowest BCUT2D eigenvalue weighted by Crippen LogP contribution is -2.24. The average Bonchev–Trinajstić information content (AvgIpc) is 2.75. The molecule has 0 N–H and O–H groups in total. The van der Waals surface area contributed by atoms with Crippen molar-refractivity contribution in [3.8, 4) is 11.5 Å². The number of hydrogen-bond donors (Lipinski definition) is 0. The number of fused-ring (bicyclic) bond motifs is 1. The predicted molar refractivity (Wildman–Crippen MR) is 56.4 cm³/mol. The van der Waals surface area contributed by atoms with Gasteiger partial charge in [-0.1, -0.05) is 0 Å². The lowest BCUT2D eigenvalue weighted by Gasteiger charge is -2.28. The van der Waals surface area contributed by atoms with Crippen molar-refractivity contribution in [1.29, 1.82) is 0 Å². The molecule has 1 aromatic rings. The van der Waals surface area contributed by atoms with Gasteiger partial charge in [-0.15, -0.1) is 0 Å². The fraction of sp³-hybridized carbons (Fsp3) is 0.500. The molecule has 1 saturated heterocycles. The van der Waals surface area contributed by atoms with Gasteiger partial charge in [0.1, 0.15) is 0 Å². The van der Waals surface area contributed by atoms with E-state index in [9.17, 15) is 0 Å². The van der Waals surface area contributed by atoms with E-state index in [-0.39, 0.29) is 12.4 Å². The third-order valence-electron chi connectivity index (χ3n) is 2.82. The van der Waals surface area contributed by atoms with Crippen molar-refractivity contribution >= 4 is 0 Å². The fourth-order valence-corrected chi connectivity index (χ4v) is 1.89. The summed E-state index contributed by atoms with van der Waals surface area (Å²) in [5.74, 6) is 1.55. The maximum Gasteiger partial charge on any atom is 0.231 e. The van der Waals surface area contributed by atoms with Gasteiger partial charge in [-0.3, -0.25) is 0 Å². The minimum atomic E-state index is -0.279. The fourth-order valence-electron chi connectivity index (χ4n) is 1.89. The summed E-state index contributed by atoms with van der Waals surface area (Å²) in [5, 5.41) is 0. The van der Waals surface area contributed by atoms with Crippen LogP contribution < -0.4 is 9.47 Å². The van der Waals surface area contributed by atoms with Crippen LogP contribution >= 0.6 is 0 Å². The third kappa shape index (κ3) is 1.74. The molecule has 2 heterocycles. The zero-order valence-corrected chi connectivity index (χ0v) is 9.14. The minimum Gasteiger partial charge on any atom is -0.454 e. The molecule has 0 aliphatic carbocycles. The molecular formula is C12H14O4. The van der Waals surface area contributed by atoms with Crippen LogP contribution in [0.3, 0.4) is 0 Å². The lowest BCUT2D eigenvalue weighted by molar-refractivity contribution is -0.212. The highest BCUT2D eigenvalue weighted by Crippen LogP contribution is 2.36. The van der Waals surface area contributed by atoms with E-state index in [0.29, 0.717) is 6.79 Å². The first kappa shape index (κ1) is 9.93. The summed E-state index contributed by atoms with van der Waals surface area (Å²) in [6, 6.07) is 5.77. The van der Waals surface area contributed by atoms with Gasteiger partial charge in [-0.25, -0.2) is 0 Å². The molecule has 0 unspecified atom stereocenters. The molecule has 86 valence electrons. The quantitative estimate of drug-likeness (QED) is 0.730. The summed E-state index contributed by atoms with van der Waals surface area (Å²) < 4.78 is 21.9. The topological polar surface area (TPSA) is 36.9 Å². The maximum atomic E-state index is 5.71. The Morgan fingerprint density at radius 2 is 2.06 bits per heavy atom. The van der Waals surface area contributed by atoms with E-state index in [0.717, 1.165) is 30.1 Å². The normalized spacial score (nSPS) is 28.1. The number of ether oxygens (including phenoxy) is 4. The van der Waals surface area contributed by atoms with Crippen molar-refractivity contribution < 1.29 is 18.9 Å². The molecule has 0 saturated carbocycles. The summed E-state index contributed by atoms with van der Waals surface area (Å²) >= 11 is 0. The highest BCUT2D eigenvalue weighted by Gasteiger charge is 2.23. The zero-order chi connectivity index (χ0) is 11.0. The molecule has 0 aromatic heterocycles. The first-order valence-electron chi connectivity index (χ1n) is 5.49. The summed E-state index contributed by atoms with van der Waals surface area (Å²) in [5.41, 5.74) is 0.982. The van der Waals surface area contributed by atoms with Gasteiger partial charge in [-0.2, -0.15) is 0 Å². The lowest BCUT2D eigenvalue weighted by atomic mass is 10.1. The van der Waals surface area contributed by atoms with Crippen LogP contribution in [0.15, 0.2) is 18.2 Å². The van der Waals surface area contributed by atoms with Crippen molar-refractivity contribution in [2.45, 2.75) is 25.7 Å². The molecule has 2 aliphatic rings. The van der Waals surface area contributed by atoms with Gasteiger partial charge in [0.2, 0.25) is 6.79 Å². The molecule has 4 nitrogen and oxygen atoms in total. The Hall–Kier alpha value is -1.26. The van der Waals surface area contributed by atoms with Crippen molar-refractivity contribution in [1.82, 2.24) is 0 Å². The molecule has 0 bridgehead atoms. The van der Waals surface area contributed by atoms with Crippen LogP contribution in [0, 0.1) is 0 Å². The Kier molecular flexibility index (Phi) is 2.46. The molecule has 0 amide bonds. The number of benzene rings is 1. The van der Waals surface area contributed by atoms with Crippen LogP contribution in [0.2, 0.25) is 0 Å². The molecule has 16 heavy (non-hydrogen) atoms. The second-order valence-electron chi connectivity index (χ2n) is 4.05. The van der Waals surface area contributed by atoms with E-state index in [1.165, 1.54) is 0 Å². The van der Waals surface area contributed by atoms with Crippen LogP contribution in [0.4, 0.5) is 0 Å². The highest BCUT2D eigenvalue weighted by molar-refractivity contribution is 5.44. The van der Waals surface area contributed by atoms with Gasteiger partial charge in [-0.05, 0) is 31.5 Å². The Balaban J connectivity index is 1.83. The van der Waals surface area contributed by atoms with E-state index < -0.39 is 0 Å². The number of hydrogen-bond acceptors (Lipinski definition) is 4. The molecule has 3 rings (SSSR count). The predicted octanol–water partition coefficient (Wildman–Crippen LogP) is 2.24. The summed E-state index contributed by atoms with van der Waals surface area (Å²) in [7, 11) is 0. The molecular weight excluding hydrogens is 208 g/mol. The van der Waals surface area contributed by atoms with Gasteiger partial charge in [0.05, 0.1) is 12.7 Å². The Bertz CT molecular complexity index is 391. The summed E-state index contributed by atoms with van der Waals surface area (Å²) in [6.07, 6.45) is 0.906. The van der Waals surface area contributed by atoms with Crippen LogP contribution in [-0.2, 0) is 9.47 Å². The molecule has 2 atom stereocenters. The SMILES string of the molecule is C[C@H]1CCO[C@H](c2ccc3c(c2)OCO3)O1. The summed E-state index contributed by atoms with van der Waals surface area (Å²) in [6.45, 7) is 3.09. The van der Waals surface area contributed by atoms with Crippen molar-refractivity contribution in [3.63, 3.8) is 0 Å². The molecule has 2 aliphatic heterocycles. The summed E-state index contributed by atoms with van der Waals surface area (Å²) in [4.78, 5) is 0. The standard InChI is InChI=1S/C12H14O4/c1-8-4-5-13-12(16-8)9-2-3-10-11(6-9)15-7-14-10/h2-3,6,8,12H,4-5,7H2,1H3/t8-,12-/m0/s1. The molecule has 4 heteroatoms. The van der Waals surface area contributed by atoms with E-state index in [1.807, 2.05) is 18.2 Å². The van der Waals surface area contributed by atoms with Gasteiger partial charge in [0, 0.05) is 5.56 Å². The number of rotatable bonds is 1. The maximum absolute atomic E-state index is 5.71. The van der Waals surface area contributed by atoms with E-state index in [1.54, 1.807) is 0 Å². The largest absolute Gasteiger partial charge is 0.454 e. The zero-order valence-electron chi connectivity index (χ0n) is 9.14. The third-order valence-corrected chi connectivity index (χ3v) is 2.82. The second-order valence-corrected chi connectivity index (χ2v) is 4.05. The van der Waals surface area contributed by atoms with Gasteiger partial charge in [0.25, 0.3) is 0 Å². The van der Waals surface area contributed by atoms with Crippen LogP contribution in [0.25, 0.3) is 0 Å². The van der Waals surface area contributed by atoms with E-state index in [4.69, 9.17) is 18.9 Å². The molecule has 0 radical (unpaired) electrons. The molecule has 0 spiro atoms. The Morgan fingerprint density at radius 1 is 1.19 bits per heavy atom. The van der Waals surface area contributed by atoms with E-state index >= 15 is 0 Å². The first-order valence-corrected chi connectivity index (χ1v) is 5.49. The van der Waals surface area contributed by atoms with Crippen LogP contribution in [0.1, 0.15) is 25.2 Å². The molecule has 1 fully saturated rings. The van der Waals surface area contributed by atoms with Gasteiger partial charge >= 0.3 is 0 Å². The van der Waals surface area contributed by atoms with Crippen LogP contribution in [-0.4, -0.2) is 19.5 Å². The van der Waals surface area contributed by atoms with E-state index in [2.05, 4.69) is 6.92 Å². The van der Waals surface area contributed by atoms with Crippen molar-refractivity contribution in [2.24, 2.45) is 0 Å². The average molecular weight is 222 g/mol. The van der Waals surface area contributed by atoms with Crippen molar-refractivity contribution in [2.75, 3.05) is 13.4 Å². The molecule has 1 aromatic carbocycles. The van der Waals surface area contributed by atoms with Gasteiger partial charge in [0.15, 0.2) is 17.8 Å². The second kappa shape index (κ2) is 3.96. The highest BCUT2D eigenvalue weighted by atomic mass is 16.7. The monoisotopic (exact) mass is 222 g/mol. The van der Waals surface area contributed by atoms with Crippen LogP contribution in [0.5, 0.6) is 11.5 Å². The smallest absolute Gasteiger partial charge is 0.231 e. The van der Waals surface area contributed by atoms with Gasteiger partial charge < -0.3 is 18.9 Å². The Labute approximate surface area is 94.1 Å². The van der Waals surface area contributed by atoms with Crippen molar-refractivity contribution in [3.05, 3.63) is 23.8 Å². The Morgan fingerprint density at radius 3 is 2.94 bits per heavy atom. The first-order chi connectivity index (χ1) is 7.83. The minimum absolute atomic E-state index is 0.240.